The molecule has 4 aromatic carbocycles. The van der Waals surface area contributed by atoms with Gasteiger partial charge in [0.15, 0.2) is 0 Å². The highest BCUT2D eigenvalue weighted by atomic mass is 15.2. The molecule has 0 aromatic heterocycles. The Kier molecular flexibility index (Phi) is 8.36. The molecule has 7 rings (SSSR count). The van der Waals surface area contributed by atoms with Crippen LogP contribution in [0.5, 0.6) is 0 Å². The molecule has 2 fully saturated rings. The molecule has 0 aliphatic heterocycles. The third-order valence-corrected chi connectivity index (χ3v) is 12.9. The fraction of sp³-hybridized carbons (Fsp3) is 0.478. The summed E-state index contributed by atoms with van der Waals surface area (Å²) >= 11 is 0. The predicted molar refractivity (Wildman–Crippen MR) is 213 cm³/mol. The summed E-state index contributed by atoms with van der Waals surface area (Å²) in [7, 11) is 15.4. The van der Waals surface area contributed by atoms with Crippen LogP contribution in [0.15, 0.2) is 84.9 Å². The number of fused-ring (bicyclic) bond motifs is 3. The number of hydrogen-bond donors (Lipinski definition) is 0. The first kappa shape index (κ1) is 34.3. The molecule has 0 amide bonds. The zero-order valence-corrected chi connectivity index (χ0v) is 31.4. The topological polar surface area (TPSA) is 3.24 Å². The molecule has 0 bridgehead atoms. The average Bonchev–Trinajstić information content (AvgIpc) is 3.30. The first-order valence-electron chi connectivity index (χ1n) is 18.9. The summed E-state index contributed by atoms with van der Waals surface area (Å²) in [5.74, 6) is 0. The van der Waals surface area contributed by atoms with Gasteiger partial charge in [-0.3, -0.25) is 0 Å². The van der Waals surface area contributed by atoms with Gasteiger partial charge in [0, 0.05) is 22.7 Å². The maximum atomic E-state index is 7.73. The number of para-hydroxylation sites is 1. The second-order valence-electron chi connectivity index (χ2n) is 18.3. The number of hydrogen-bond acceptors (Lipinski definition) is 1. The van der Waals surface area contributed by atoms with Crippen molar-refractivity contribution in [3.05, 3.63) is 107 Å². The SMILES string of the molecule is [B]C1(c2cc3c(cc2N(c2c(-c4ccccc4)cccc2C2([B])CCC(C)(C)CC2)C(C)C)C(C)(C)c2ccccc2-3)CCC(C)(C)CC1. The quantitative estimate of drug-likeness (QED) is 0.189. The van der Waals surface area contributed by atoms with Gasteiger partial charge in [-0.05, 0) is 112 Å². The average molecular weight is 644 g/mol. The van der Waals surface area contributed by atoms with Crippen molar-refractivity contribution in [3.63, 3.8) is 0 Å². The Morgan fingerprint density at radius 3 is 1.61 bits per heavy atom. The standard InChI is InChI=1S/C46H55B2N/c1-31(2)49(41-33(32-15-10-9-11-16-32)18-14-20-37(41)45(47)25-21-42(3,4)22-26-45)40-30-38-35(34-17-12-13-19-36(34)44(38,7)8)29-39(40)46(48)27-23-43(5,6)24-28-46/h9-20,29-31H,21-28H2,1-8H3. The van der Waals surface area contributed by atoms with E-state index in [1.54, 1.807) is 0 Å². The summed E-state index contributed by atoms with van der Waals surface area (Å²) in [5.41, 5.74) is 13.5. The fourth-order valence-electron chi connectivity index (χ4n) is 9.33. The van der Waals surface area contributed by atoms with Crippen molar-refractivity contribution in [1.29, 1.82) is 0 Å². The maximum absolute atomic E-state index is 7.73. The highest BCUT2D eigenvalue weighted by molar-refractivity contribution is 6.18. The van der Waals surface area contributed by atoms with Gasteiger partial charge in [0.1, 0.15) is 0 Å². The Hall–Kier alpha value is -3.19. The van der Waals surface area contributed by atoms with E-state index < -0.39 is 10.6 Å². The van der Waals surface area contributed by atoms with Crippen molar-refractivity contribution in [2.45, 2.75) is 129 Å². The van der Waals surface area contributed by atoms with E-state index in [0.717, 1.165) is 51.4 Å². The van der Waals surface area contributed by atoms with Crippen molar-refractivity contribution < 1.29 is 0 Å². The van der Waals surface area contributed by atoms with E-state index in [2.05, 4.69) is 145 Å². The lowest BCUT2D eigenvalue weighted by atomic mass is 9.52. The predicted octanol–water partition coefficient (Wildman–Crippen LogP) is 12.1. The van der Waals surface area contributed by atoms with E-state index in [-0.39, 0.29) is 11.5 Å². The van der Waals surface area contributed by atoms with E-state index in [1.165, 1.54) is 55.9 Å². The number of nitrogens with zero attached hydrogens (tertiary/aromatic N) is 1. The molecule has 0 heterocycles. The van der Waals surface area contributed by atoms with Crippen LogP contribution in [0, 0.1) is 10.8 Å². The summed E-state index contributed by atoms with van der Waals surface area (Å²) < 4.78 is 0. The highest BCUT2D eigenvalue weighted by Crippen LogP contribution is 2.57. The fourth-order valence-corrected chi connectivity index (χ4v) is 9.33. The van der Waals surface area contributed by atoms with Crippen LogP contribution >= 0.6 is 0 Å². The van der Waals surface area contributed by atoms with Crippen LogP contribution < -0.4 is 4.90 Å². The van der Waals surface area contributed by atoms with Crippen LogP contribution in [0.4, 0.5) is 11.4 Å². The molecule has 1 nitrogen and oxygen atoms in total. The van der Waals surface area contributed by atoms with E-state index in [9.17, 15) is 0 Å². The first-order chi connectivity index (χ1) is 23.1. The molecule has 4 aromatic rings. The van der Waals surface area contributed by atoms with Gasteiger partial charge in [0.2, 0.25) is 0 Å². The molecule has 250 valence electrons. The molecule has 3 aliphatic carbocycles. The Balaban J connectivity index is 1.52. The molecule has 0 saturated heterocycles. The maximum Gasteiger partial charge on any atom is 0.0811 e. The van der Waals surface area contributed by atoms with Gasteiger partial charge in [0.05, 0.1) is 21.4 Å². The zero-order valence-electron chi connectivity index (χ0n) is 31.4. The molecule has 3 heteroatoms. The summed E-state index contributed by atoms with van der Waals surface area (Å²) in [4.78, 5) is 2.65. The van der Waals surface area contributed by atoms with Crippen molar-refractivity contribution in [2.75, 3.05) is 4.90 Å². The minimum atomic E-state index is -0.425. The van der Waals surface area contributed by atoms with Crippen molar-refractivity contribution >= 4 is 27.1 Å². The van der Waals surface area contributed by atoms with Crippen LogP contribution in [0.1, 0.15) is 129 Å². The molecule has 3 aliphatic rings. The number of benzene rings is 4. The van der Waals surface area contributed by atoms with Crippen LogP contribution in [0.2, 0.25) is 0 Å². The summed E-state index contributed by atoms with van der Waals surface area (Å²) in [6, 6.07) is 32.1. The van der Waals surface area contributed by atoms with E-state index in [1.807, 2.05) is 0 Å². The Morgan fingerprint density at radius 1 is 0.510 bits per heavy atom. The second kappa shape index (κ2) is 12.0. The number of anilines is 2. The molecule has 0 spiro atoms. The lowest BCUT2D eigenvalue weighted by molar-refractivity contribution is 0.206. The van der Waals surface area contributed by atoms with Crippen LogP contribution in [0.25, 0.3) is 22.3 Å². The Labute approximate surface area is 300 Å². The molecular formula is C46H55B2N. The van der Waals surface area contributed by atoms with Crippen LogP contribution in [-0.4, -0.2) is 21.7 Å². The lowest BCUT2D eigenvalue weighted by Gasteiger charge is -2.47. The Morgan fingerprint density at radius 2 is 1.02 bits per heavy atom. The monoisotopic (exact) mass is 643 g/mol. The number of rotatable bonds is 6. The van der Waals surface area contributed by atoms with Crippen molar-refractivity contribution in [3.8, 4) is 22.3 Å². The normalized spacial score (nSPS) is 21.2. The van der Waals surface area contributed by atoms with Crippen LogP contribution in [-0.2, 0) is 16.0 Å². The first-order valence-corrected chi connectivity index (χ1v) is 18.9. The third kappa shape index (κ3) is 5.92. The van der Waals surface area contributed by atoms with Crippen molar-refractivity contribution in [1.82, 2.24) is 0 Å². The molecule has 0 unspecified atom stereocenters. The summed E-state index contributed by atoms with van der Waals surface area (Å²) in [5, 5.41) is -0.837. The molecular weight excluding hydrogens is 588 g/mol. The molecule has 49 heavy (non-hydrogen) atoms. The zero-order chi connectivity index (χ0) is 35.0. The lowest BCUT2D eigenvalue weighted by Crippen LogP contribution is -2.40. The summed E-state index contributed by atoms with van der Waals surface area (Å²) in [6.07, 6.45) is 8.40. The van der Waals surface area contributed by atoms with Gasteiger partial charge >= 0.3 is 0 Å². The van der Waals surface area contributed by atoms with E-state index in [0.29, 0.717) is 10.8 Å². The third-order valence-electron chi connectivity index (χ3n) is 12.9. The second-order valence-corrected chi connectivity index (χ2v) is 18.3. The molecule has 2 saturated carbocycles. The Bertz CT molecular complexity index is 1840. The van der Waals surface area contributed by atoms with Crippen molar-refractivity contribution in [2.24, 2.45) is 10.8 Å². The molecule has 0 atom stereocenters. The van der Waals surface area contributed by atoms with Gasteiger partial charge in [-0.1, -0.05) is 140 Å². The van der Waals surface area contributed by atoms with Gasteiger partial charge in [-0.2, -0.15) is 0 Å². The molecule has 0 N–H and O–H groups in total. The smallest absolute Gasteiger partial charge is 0.0811 e. The minimum Gasteiger partial charge on any atom is -0.338 e. The summed E-state index contributed by atoms with van der Waals surface area (Å²) in [6.45, 7) is 19.1. The van der Waals surface area contributed by atoms with Gasteiger partial charge in [0.25, 0.3) is 0 Å². The van der Waals surface area contributed by atoms with E-state index >= 15 is 0 Å². The van der Waals surface area contributed by atoms with Gasteiger partial charge < -0.3 is 4.90 Å². The highest BCUT2D eigenvalue weighted by Gasteiger charge is 2.44. The largest absolute Gasteiger partial charge is 0.338 e. The van der Waals surface area contributed by atoms with Gasteiger partial charge in [-0.25, -0.2) is 0 Å². The molecule has 4 radical (unpaired) electrons. The van der Waals surface area contributed by atoms with E-state index in [4.69, 9.17) is 15.7 Å². The van der Waals surface area contributed by atoms with Gasteiger partial charge in [-0.15, -0.1) is 0 Å². The van der Waals surface area contributed by atoms with Crippen LogP contribution in [0.3, 0.4) is 0 Å². The minimum absolute atomic E-state index is 0.121.